The van der Waals surface area contributed by atoms with E-state index in [-0.39, 0.29) is 11.8 Å². The quantitative estimate of drug-likeness (QED) is 0.565. The van der Waals surface area contributed by atoms with Crippen LogP contribution in [0.25, 0.3) is 0 Å². The van der Waals surface area contributed by atoms with E-state index in [4.69, 9.17) is 12.2 Å². The molecule has 1 aromatic carbocycles. The van der Waals surface area contributed by atoms with E-state index in [9.17, 15) is 9.59 Å². The van der Waals surface area contributed by atoms with Crippen LogP contribution < -0.4 is 16.2 Å². The molecule has 7 heteroatoms. The van der Waals surface area contributed by atoms with Crippen LogP contribution >= 0.6 is 12.2 Å². The van der Waals surface area contributed by atoms with Crippen LogP contribution in [0.15, 0.2) is 24.3 Å². The number of amides is 2. The van der Waals surface area contributed by atoms with Crippen molar-refractivity contribution >= 4 is 29.1 Å². The van der Waals surface area contributed by atoms with Gasteiger partial charge in [-0.15, -0.1) is 0 Å². The zero-order valence-corrected chi connectivity index (χ0v) is 15.0. The molecule has 6 nitrogen and oxygen atoms in total. The van der Waals surface area contributed by atoms with Crippen molar-refractivity contribution in [3.8, 4) is 0 Å². The van der Waals surface area contributed by atoms with Crippen molar-refractivity contribution in [1.29, 1.82) is 0 Å². The molecule has 0 atom stereocenters. The molecular weight excluding hydrogens is 336 g/mol. The summed E-state index contributed by atoms with van der Waals surface area (Å²) in [6, 6.07) is 7.73. The van der Waals surface area contributed by atoms with Crippen LogP contribution in [0.4, 0.5) is 0 Å². The number of nitrogens with zero attached hydrogens (tertiary/aromatic N) is 1. The molecule has 1 heterocycles. The van der Waals surface area contributed by atoms with E-state index in [2.05, 4.69) is 16.2 Å². The minimum absolute atomic E-state index is 0.180. The second kappa shape index (κ2) is 8.29. The number of thiocarbonyl (C=S) groups is 1. The Morgan fingerprint density at radius 3 is 2.72 bits per heavy atom. The molecule has 0 radical (unpaired) electrons. The largest absolute Gasteiger partial charge is 0.359 e. The van der Waals surface area contributed by atoms with E-state index in [1.54, 1.807) is 6.07 Å². The Bertz CT molecular complexity index is 658. The molecule has 134 valence electrons. The third-order valence-electron chi connectivity index (χ3n) is 4.71. The number of rotatable bonds is 4. The van der Waals surface area contributed by atoms with Gasteiger partial charge in [0.15, 0.2) is 5.11 Å². The lowest BCUT2D eigenvalue weighted by Crippen LogP contribution is -2.49. The molecule has 0 aromatic heterocycles. The van der Waals surface area contributed by atoms with Gasteiger partial charge < -0.3 is 10.2 Å². The van der Waals surface area contributed by atoms with E-state index < -0.39 is 0 Å². The van der Waals surface area contributed by atoms with Crippen LogP contribution in [-0.2, 0) is 11.3 Å². The lowest BCUT2D eigenvalue weighted by molar-refractivity contribution is -0.128. The van der Waals surface area contributed by atoms with Crippen molar-refractivity contribution in [2.75, 3.05) is 6.54 Å². The van der Waals surface area contributed by atoms with E-state index in [0.29, 0.717) is 29.7 Å². The summed E-state index contributed by atoms with van der Waals surface area (Å²) >= 11 is 5.21. The van der Waals surface area contributed by atoms with Crippen LogP contribution in [0.3, 0.4) is 0 Å². The molecule has 1 saturated heterocycles. The van der Waals surface area contributed by atoms with Gasteiger partial charge in [-0.3, -0.25) is 20.4 Å². The normalized spacial score (nSPS) is 17.6. The first-order chi connectivity index (χ1) is 12.1. The summed E-state index contributed by atoms with van der Waals surface area (Å²) in [7, 11) is 0. The van der Waals surface area contributed by atoms with Crippen molar-refractivity contribution in [3.63, 3.8) is 0 Å². The minimum atomic E-state index is -0.245. The molecular formula is C18H24N4O2S. The van der Waals surface area contributed by atoms with Crippen LogP contribution in [-0.4, -0.2) is 34.4 Å². The van der Waals surface area contributed by atoms with Crippen molar-refractivity contribution in [2.45, 2.75) is 51.1 Å². The van der Waals surface area contributed by atoms with Crippen molar-refractivity contribution in [3.05, 3.63) is 35.4 Å². The predicted octanol–water partition coefficient (Wildman–Crippen LogP) is 1.86. The highest BCUT2D eigenvalue weighted by atomic mass is 32.1. The van der Waals surface area contributed by atoms with E-state index >= 15 is 0 Å². The summed E-state index contributed by atoms with van der Waals surface area (Å²) < 4.78 is 0. The molecule has 1 aliphatic carbocycles. The first kappa shape index (κ1) is 17.7. The molecule has 0 unspecified atom stereocenters. The first-order valence-corrected chi connectivity index (χ1v) is 9.26. The summed E-state index contributed by atoms with van der Waals surface area (Å²) in [6.07, 6.45) is 6.21. The van der Waals surface area contributed by atoms with E-state index in [0.717, 1.165) is 31.4 Å². The standard InChI is InChI=1S/C18H24N4O2S/c23-16-9-4-10-22(16)12-13-5-3-6-14(11-13)17(24)20-21-18(25)19-15-7-1-2-8-15/h3,5-6,11,15H,1-2,4,7-10,12H2,(H,20,24)(H2,19,21,25). The summed E-state index contributed by atoms with van der Waals surface area (Å²) in [4.78, 5) is 25.9. The molecule has 3 rings (SSSR count). The monoisotopic (exact) mass is 360 g/mol. The number of hydrazine groups is 1. The van der Waals surface area contributed by atoms with Gasteiger partial charge in [0.25, 0.3) is 5.91 Å². The van der Waals surface area contributed by atoms with Crippen molar-refractivity contribution < 1.29 is 9.59 Å². The number of carbonyl (C=O) groups is 2. The number of likely N-dealkylation sites (tertiary alicyclic amines) is 1. The third kappa shape index (κ3) is 4.92. The summed E-state index contributed by atoms with van der Waals surface area (Å²) in [5.41, 5.74) is 6.89. The van der Waals surface area contributed by atoms with Crippen LogP contribution in [0.1, 0.15) is 54.4 Å². The highest BCUT2D eigenvalue weighted by Crippen LogP contribution is 2.17. The average molecular weight is 360 g/mol. The van der Waals surface area contributed by atoms with Crippen LogP contribution in [0, 0.1) is 0 Å². The minimum Gasteiger partial charge on any atom is -0.359 e. The van der Waals surface area contributed by atoms with Crippen LogP contribution in [0.2, 0.25) is 0 Å². The van der Waals surface area contributed by atoms with Gasteiger partial charge in [-0.05, 0) is 49.2 Å². The predicted molar refractivity (Wildman–Crippen MR) is 99.7 cm³/mol. The highest BCUT2D eigenvalue weighted by Gasteiger charge is 2.20. The van der Waals surface area contributed by atoms with Gasteiger partial charge in [0.1, 0.15) is 0 Å². The zero-order valence-electron chi connectivity index (χ0n) is 14.2. The van der Waals surface area contributed by atoms with Crippen molar-refractivity contribution in [2.24, 2.45) is 0 Å². The summed E-state index contributed by atoms with van der Waals surface area (Å²) in [5.74, 6) is -0.0648. The lowest BCUT2D eigenvalue weighted by Gasteiger charge is -2.17. The Balaban J connectivity index is 1.50. The molecule has 3 N–H and O–H groups in total. The van der Waals surface area contributed by atoms with E-state index in [1.165, 1.54) is 12.8 Å². The maximum Gasteiger partial charge on any atom is 0.269 e. The molecule has 1 saturated carbocycles. The second-order valence-electron chi connectivity index (χ2n) is 6.65. The molecule has 2 amide bonds. The van der Waals surface area contributed by atoms with E-state index in [1.807, 2.05) is 23.1 Å². The van der Waals surface area contributed by atoms with Gasteiger partial charge in [0.05, 0.1) is 0 Å². The molecule has 25 heavy (non-hydrogen) atoms. The maximum atomic E-state index is 12.3. The smallest absolute Gasteiger partial charge is 0.269 e. The SMILES string of the molecule is O=C(NNC(=S)NC1CCCC1)c1cccc(CN2CCCC2=O)c1. The third-order valence-corrected chi connectivity index (χ3v) is 4.93. The molecule has 1 aliphatic heterocycles. The first-order valence-electron chi connectivity index (χ1n) is 8.85. The molecule has 0 bridgehead atoms. The average Bonchev–Trinajstić information content (AvgIpc) is 3.25. The topological polar surface area (TPSA) is 73.5 Å². The molecule has 2 fully saturated rings. The van der Waals surface area contributed by atoms with Crippen molar-refractivity contribution in [1.82, 2.24) is 21.1 Å². The highest BCUT2D eigenvalue weighted by molar-refractivity contribution is 7.80. The number of benzene rings is 1. The van der Waals surface area contributed by atoms with Gasteiger partial charge in [-0.25, -0.2) is 0 Å². The number of carbonyl (C=O) groups excluding carboxylic acids is 2. The Morgan fingerprint density at radius 1 is 1.20 bits per heavy atom. The fourth-order valence-electron chi connectivity index (χ4n) is 3.38. The zero-order chi connectivity index (χ0) is 17.6. The fourth-order valence-corrected chi connectivity index (χ4v) is 3.60. The summed E-state index contributed by atoms with van der Waals surface area (Å²) in [5, 5.41) is 3.66. The van der Waals surface area contributed by atoms with Gasteiger partial charge in [0.2, 0.25) is 5.91 Å². The molecule has 1 aromatic rings. The van der Waals surface area contributed by atoms with Crippen LogP contribution in [0.5, 0.6) is 0 Å². The Hall–Kier alpha value is -2.15. The maximum absolute atomic E-state index is 12.3. The Kier molecular flexibility index (Phi) is 5.86. The number of hydrogen-bond donors (Lipinski definition) is 3. The number of hydrogen-bond acceptors (Lipinski definition) is 3. The Labute approximate surface area is 153 Å². The summed E-state index contributed by atoms with van der Waals surface area (Å²) in [6.45, 7) is 1.34. The van der Waals surface area contributed by atoms with Gasteiger partial charge in [0, 0.05) is 31.1 Å². The molecule has 0 spiro atoms. The fraction of sp³-hybridized carbons (Fsp3) is 0.500. The Morgan fingerprint density at radius 2 is 2.00 bits per heavy atom. The second-order valence-corrected chi connectivity index (χ2v) is 7.06. The van der Waals surface area contributed by atoms with Gasteiger partial charge >= 0.3 is 0 Å². The number of nitrogens with one attached hydrogen (secondary N) is 3. The van der Waals surface area contributed by atoms with Gasteiger partial charge in [-0.2, -0.15) is 0 Å². The van der Waals surface area contributed by atoms with Gasteiger partial charge in [-0.1, -0.05) is 25.0 Å². The lowest BCUT2D eigenvalue weighted by atomic mass is 10.1. The molecule has 2 aliphatic rings.